The summed E-state index contributed by atoms with van der Waals surface area (Å²) in [6.07, 6.45) is 10.2. The smallest absolute Gasteiger partial charge is 0.373 e. The number of anilines is 1. The van der Waals surface area contributed by atoms with Gasteiger partial charge >= 0.3 is 6.15 Å². The highest BCUT2D eigenvalue weighted by Crippen LogP contribution is 2.39. The molecular formula is C20H18BrN5O2S. The quantitative estimate of drug-likeness (QED) is 0.449. The Morgan fingerprint density at radius 1 is 1.21 bits per heavy atom. The number of nitrogens with zero attached hydrogens (tertiary/aromatic N) is 4. The highest BCUT2D eigenvalue weighted by molar-refractivity contribution is 9.10. The van der Waals surface area contributed by atoms with Crippen molar-refractivity contribution in [2.75, 3.05) is 5.73 Å². The lowest BCUT2D eigenvalue weighted by Gasteiger charge is -2.22. The molecule has 0 bridgehead atoms. The molecule has 4 aromatic rings. The van der Waals surface area contributed by atoms with Crippen LogP contribution < -0.4 is 5.73 Å². The molecule has 5 rings (SSSR count). The summed E-state index contributed by atoms with van der Waals surface area (Å²) in [5.74, 6) is 1.08. The lowest BCUT2D eigenvalue weighted by molar-refractivity contribution is -0.191. The van der Waals surface area contributed by atoms with Gasteiger partial charge in [-0.1, -0.05) is 19.3 Å². The maximum atomic E-state index is 8.12. The number of halogens is 1. The molecule has 2 N–H and O–H groups in total. The average molecular weight is 472 g/mol. The molecular weight excluding hydrogens is 454 g/mol. The Kier molecular flexibility index (Phi) is 5.71. The molecule has 1 fully saturated rings. The number of hydrogen-bond donors (Lipinski definition) is 1. The molecule has 0 spiro atoms. The van der Waals surface area contributed by atoms with Crippen LogP contribution in [0.5, 0.6) is 0 Å². The van der Waals surface area contributed by atoms with Crippen LogP contribution in [-0.4, -0.2) is 25.7 Å². The van der Waals surface area contributed by atoms with Crippen LogP contribution in [0, 0.1) is 0 Å². The van der Waals surface area contributed by atoms with E-state index in [4.69, 9.17) is 20.3 Å². The highest BCUT2D eigenvalue weighted by Gasteiger charge is 2.24. The van der Waals surface area contributed by atoms with E-state index in [0.29, 0.717) is 11.7 Å². The van der Waals surface area contributed by atoms with E-state index in [0.717, 1.165) is 32.5 Å². The minimum Gasteiger partial charge on any atom is -0.383 e. The van der Waals surface area contributed by atoms with Gasteiger partial charge in [0.1, 0.15) is 5.82 Å². The Morgan fingerprint density at radius 3 is 2.72 bits per heavy atom. The summed E-state index contributed by atoms with van der Waals surface area (Å²) < 4.78 is 3.78. The molecule has 0 amide bonds. The van der Waals surface area contributed by atoms with Crippen molar-refractivity contribution in [1.29, 1.82) is 0 Å². The molecule has 1 saturated carbocycles. The molecule has 0 unspecified atom stereocenters. The second kappa shape index (κ2) is 8.41. The van der Waals surface area contributed by atoms with E-state index in [9.17, 15) is 0 Å². The monoisotopic (exact) mass is 471 g/mol. The molecule has 0 radical (unpaired) electrons. The minimum atomic E-state index is 0.250. The summed E-state index contributed by atoms with van der Waals surface area (Å²) in [6.45, 7) is 0. The molecule has 0 saturated heterocycles. The first-order valence-corrected chi connectivity index (χ1v) is 11.0. The zero-order chi connectivity index (χ0) is 20.4. The van der Waals surface area contributed by atoms with Gasteiger partial charge in [0.25, 0.3) is 0 Å². The first kappa shape index (κ1) is 19.7. The van der Waals surface area contributed by atoms with E-state index in [1.165, 1.54) is 36.8 Å². The Labute approximate surface area is 179 Å². The van der Waals surface area contributed by atoms with Crippen molar-refractivity contribution >= 4 is 55.1 Å². The standard InChI is InChI=1S/C19H18BrN5S.CO2/c20-16-17(11-4-2-1-3-5-11)24-19-13(10-23-25(19)18(16)21)12-8-15-14(22-9-12)6-7-26-15;2-1-3/h6-11H,1-5,21H2;. The lowest BCUT2D eigenvalue weighted by atomic mass is 9.87. The van der Waals surface area contributed by atoms with Crippen molar-refractivity contribution in [1.82, 2.24) is 19.6 Å². The second-order valence-electron chi connectivity index (χ2n) is 6.94. The van der Waals surface area contributed by atoms with Gasteiger partial charge in [0.05, 0.1) is 26.6 Å². The summed E-state index contributed by atoms with van der Waals surface area (Å²) in [6, 6.07) is 4.19. The van der Waals surface area contributed by atoms with Crippen LogP contribution in [0.1, 0.15) is 43.7 Å². The third-order valence-electron chi connectivity index (χ3n) is 5.25. The number of rotatable bonds is 2. The van der Waals surface area contributed by atoms with Gasteiger partial charge < -0.3 is 5.73 Å². The van der Waals surface area contributed by atoms with Crippen molar-refractivity contribution < 1.29 is 9.59 Å². The summed E-state index contributed by atoms with van der Waals surface area (Å²) in [5.41, 5.74) is 11.3. The van der Waals surface area contributed by atoms with E-state index >= 15 is 0 Å². The Hall–Kier alpha value is -2.61. The molecule has 4 aromatic heterocycles. The number of carbonyl (C=O) groups excluding carboxylic acids is 2. The summed E-state index contributed by atoms with van der Waals surface area (Å²) in [7, 11) is 0. The van der Waals surface area contributed by atoms with Crippen molar-refractivity contribution in [3.8, 4) is 11.1 Å². The SMILES string of the molecule is Nc1c(Br)c(C2CCCCC2)nc2c(-c3cnc4ccsc4c3)cnn12.O=C=O. The first-order valence-electron chi connectivity index (χ1n) is 9.29. The molecule has 0 atom stereocenters. The van der Waals surface area contributed by atoms with Gasteiger partial charge in [0, 0.05) is 23.2 Å². The summed E-state index contributed by atoms with van der Waals surface area (Å²) >= 11 is 5.36. The van der Waals surface area contributed by atoms with Gasteiger partial charge in [-0.15, -0.1) is 11.3 Å². The molecule has 29 heavy (non-hydrogen) atoms. The van der Waals surface area contributed by atoms with E-state index in [2.05, 4.69) is 37.5 Å². The van der Waals surface area contributed by atoms with Crippen LogP contribution in [0.3, 0.4) is 0 Å². The molecule has 9 heteroatoms. The number of pyridine rings is 1. The van der Waals surface area contributed by atoms with Gasteiger partial charge in [-0.05, 0) is 46.3 Å². The van der Waals surface area contributed by atoms with Crippen LogP contribution in [0.4, 0.5) is 5.82 Å². The van der Waals surface area contributed by atoms with Crippen LogP contribution >= 0.6 is 27.3 Å². The zero-order valence-electron chi connectivity index (χ0n) is 15.5. The average Bonchev–Trinajstić information content (AvgIpc) is 3.38. The second-order valence-corrected chi connectivity index (χ2v) is 8.68. The van der Waals surface area contributed by atoms with Crippen molar-refractivity contribution in [2.45, 2.75) is 38.0 Å². The van der Waals surface area contributed by atoms with Gasteiger partial charge in [-0.25, -0.2) is 4.98 Å². The number of nitrogens with two attached hydrogens (primary N) is 1. The Balaban J connectivity index is 0.000000645. The van der Waals surface area contributed by atoms with Crippen LogP contribution in [-0.2, 0) is 9.59 Å². The molecule has 0 aliphatic heterocycles. The Morgan fingerprint density at radius 2 is 1.97 bits per heavy atom. The van der Waals surface area contributed by atoms with E-state index in [1.807, 2.05) is 18.5 Å². The molecule has 7 nitrogen and oxygen atoms in total. The van der Waals surface area contributed by atoms with Crippen molar-refractivity contribution in [2.24, 2.45) is 0 Å². The molecule has 1 aliphatic rings. The van der Waals surface area contributed by atoms with Crippen molar-refractivity contribution in [3.05, 3.63) is 40.1 Å². The van der Waals surface area contributed by atoms with Crippen LogP contribution in [0.2, 0.25) is 0 Å². The molecule has 4 heterocycles. The third-order valence-corrected chi connectivity index (χ3v) is 6.92. The predicted octanol–water partition coefficient (Wildman–Crippen LogP) is 4.81. The van der Waals surface area contributed by atoms with Gasteiger partial charge in [0.15, 0.2) is 5.65 Å². The Bertz CT molecular complexity index is 1210. The maximum Gasteiger partial charge on any atom is 0.373 e. The number of hydrogen-bond acceptors (Lipinski definition) is 7. The minimum absolute atomic E-state index is 0.250. The fourth-order valence-electron chi connectivity index (χ4n) is 3.86. The normalized spacial score (nSPS) is 14.5. The highest BCUT2D eigenvalue weighted by atomic mass is 79.9. The summed E-state index contributed by atoms with van der Waals surface area (Å²) in [4.78, 5) is 25.8. The topological polar surface area (TPSA) is 103 Å². The van der Waals surface area contributed by atoms with Crippen LogP contribution in [0.15, 0.2) is 34.4 Å². The summed E-state index contributed by atoms with van der Waals surface area (Å²) in [5, 5.41) is 6.55. The van der Waals surface area contributed by atoms with Crippen LogP contribution in [0.25, 0.3) is 27.0 Å². The van der Waals surface area contributed by atoms with E-state index in [1.54, 1.807) is 15.9 Å². The predicted molar refractivity (Wildman–Crippen MR) is 115 cm³/mol. The zero-order valence-corrected chi connectivity index (χ0v) is 17.9. The number of aromatic nitrogens is 4. The van der Waals surface area contributed by atoms with Gasteiger partial charge in [0.2, 0.25) is 0 Å². The maximum absolute atomic E-state index is 8.12. The molecule has 1 aliphatic carbocycles. The van der Waals surface area contributed by atoms with Crippen molar-refractivity contribution in [3.63, 3.8) is 0 Å². The fourth-order valence-corrected chi connectivity index (χ4v) is 5.22. The largest absolute Gasteiger partial charge is 0.383 e. The number of fused-ring (bicyclic) bond motifs is 2. The number of nitrogen functional groups attached to an aromatic ring is 1. The first-order chi connectivity index (χ1) is 14.1. The van der Waals surface area contributed by atoms with Gasteiger partial charge in [-0.2, -0.15) is 19.2 Å². The molecule has 148 valence electrons. The molecule has 0 aromatic carbocycles. The van der Waals surface area contributed by atoms with E-state index in [-0.39, 0.29) is 6.15 Å². The number of thiophene rings is 1. The lowest BCUT2D eigenvalue weighted by Crippen LogP contribution is -2.11. The third kappa shape index (κ3) is 3.69. The van der Waals surface area contributed by atoms with Gasteiger partial charge in [-0.3, -0.25) is 4.98 Å². The van der Waals surface area contributed by atoms with E-state index < -0.39 is 0 Å². The fraction of sp³-hybridized carbons (Fsp3) is 0.300.